The zero-order chi connectivity index (χ0) is 12.0. The van der Waals surface area contributed by atoms with E-state index in [1.807, 2.05) is 13.0 Å². The first-order valence-electron chi connectivity index (χ1n) is 5.28. The van der Waals surface area contributed by atoms with E-state index in [1.54, 1.807) is 25.2 Å². The molecule has 16 heavy (non-hydrogen) atoms. The second-order valence-electron chi connectivity index (χ2n) is 3.38. The number of hydrogen-bond donors (Lipinski definition) is 1. The molecule has 1 N–H and O–H groups in total. The molecule has 0 unspecified atom stereocenters. The fourth-order valence-corrected chi connectivity index (χ4v) is 1.38. The number of amides is 1. The van der Waals surface area contributed by atoms with Crippen LogP contribution in [0, 0.1) is 0 Å². The highest BCUT2D eigenvalue weighted by atomic mass is 16.5. The van der Waals surface area contributed by atoms with E-state index in [0.29, 0.717) is 24.5 Å². The first-order chi connectivity index (χ1) is 7.70. The summed E-state index contributed by atoms with van der Waals surface area (Å²) in [6, 6.07) is 7.11. The molecule has 4 nitrogen and oxygen atoms in total. The predicted molar refractivity (Wildman–Crippen MR) is 61.7 cm³/mol. The van der Waals surface area contributed by atoms with Crippen LogP contribution in [0.15, 0.2) is 24.3 Å². The predicted octanol–water partition coefficient (Wildman–Crippen LogP) is 1.15. The lowest BCUT2D eigenvalue weighted by Crippen LogP contribution is -2.29. The molecular weight excluding hydrogens is 206 g/mol. The minimum atomic E-state index is -0.141. The Morgan fingerprint density at radius 3 is 2.75 bits per heavy atom. The van der Waals surface area contributed by atoms with Crippen molar-refractivity contribution in [3.63, 3.8) is 0 Å². The van der Waals surface area contributed by atoms with E-state index in [-0.39, 0.29) is 12.5 Å². The standard InChI is InChI=1S/C12H17NO3/c1-3-16-11-7-5-4-6-10(11)12(15)13(2)8-9-14/h4-7,14H,3,8-9H2,1-2H3. The van der Waals surface area contributed by atoms with Gasteiger partial charge < -0.3 is 14.7 Å². The van der Waals surface area contributed by atoms with Crippen LogP contribution >= 0.6 is 0 Å². The van der Waals surface area contributed by atoms with Gasteiger partial charge in [0.1, 0.15) is 5.75 Å². The van der Waals surface area contributed by atoms with Crippen molar-refractivity contribution in [1.29, 1.82) is 0 Å². The number of carbonyl (C=O) groups is 1. The SMILES string of the molecule is CCOc1ccccc1C(=O)N(C)CCO. The quantitative estimate of drug-likeness (QED) is 0.814. The molecule has 0 saturated heterocycles. The lowest BCUT2D eigenvalue weighted by molar-refractivity contribution is 0.0763. The van der Waals surface area contributed by atoms with Crippen molar-refractivity contribution >= 4 is 5.91 Å². The van der Waals surface area contributed by atoms with Crippen LogP contribution < -0.4 is 4.74 Å². The fraction of sp³-hybridized carbons (Fsp3) is 0.417. The Labute approximate surface area is 95.5 Å². The molecule has 4 heteroatoms. The molecule has 0 atom stereocenters. The van der Waals surface area contributed by atoms with Crippen molar-refractivity contribution in [2.75, 3.05) is 26.8 Å². The van der Waals surface area contributed by atoms with Crippen molar-refractivity contribution in [2.45, 2.75) is 6.92 Å². The van der Waals surface area contributed by atoms with Crippen LogP contribution in [0.4, 0.5) is 0 Å². The number of hydrogen-bond acceptors (Lipinski definition) is 3. The summed E-state index contributed by atoms with van der Waals surface area (Å²) in [7, 11) is 1.65. The molecule has 0 aliphatic carbocycles. The molecule has 0 aromatic heterocycles. The Morgan fingerprint density at radius 2 is 2.12 bits per heavy atom. The molecule has 1 amide bonds. The summed E-state index contributed by atoms with van der Waals surface area (Å²) < 4.78 is 5.38. The zero-order valence-corrected chi connectivity index (χ0v) is 9.64. The topological polar surface area (TPSA) is 49.8 Å². The van der Waals surface area contributed by atoms with Gasteiger partial charge in [-0.25, -0.2) is 0 Å². The van der Waals surface area contributed by atoms with Crippen LogP contribution in [0.25, 0.3) is 0 Å². The lowest BCUT2D eigenvalue weighted by atomic mass is 10.2. The second-order valence-corrected chi connectivity index (χ2v) is 3.38. The zero-order valence-electron chi connectivity index (χ0n) is 9.64. The van der Waals surface area contributed by atoms with Gasteiger partial charge in [-0.1, -0.05) is 12.1 Å². The normalized spacial score (nSPS) is 9.94. The summed E-state index contributed by atoms with van der Waals surface area (Å²) in [6.07, 6.45) is 0. The third kappa shape index (κ3) is 2.97. The van der Waals surface area contributed by atoms with Gasteiger partial charge in [0.2, 0.25) is 0 Å². The monoisotopic (exact) mass is 223 g/mol. The van der Waals surface area contributed by atoms with Crippen LogP contribution in [-0.4, -0.2) is 42.7 Å². The molecule has 1 aromatic carbocycles. The van der Waals surface area contributed by atoms with Crippen LogP contribution in [0.5, 0.6) is 5.75 Å². The molecule has 1 aromatic rings. The molecule has 1 rings (SSSR count). The summed E-state index contributed by atoms with van der Waals surface area (Å²) in [6.45, 7) is 2.67. The number of aliphatic hydroxyl groups is 1. The summed E-state index contributed by atoms with van der Waals surface area (Å²) in [4.78, 5) is 13.4. The summed E-state index contributed by atoms with van der Waals surface area (Å²) >= 11 is 0. The van der Waals surface area contributed by atoms with Crippen molar-refractivity contribution in [2.24, 2.45) is 0 Å². The lowest BCUT2D eigenvalue weighted by Gasteiger charge is -2.17. The highest BCUT2D eigenvalue weighted by Crippen LogP contribution is 2.19. The van der Waals surface area contributed by atoms with E-state index in [1.165, 1.54) is 4.90 Å². The van der Waals surface area contributed by atoms with Crippen LogP contribution in [0.2, 0.25) is 0 Å². The van der Waals surface area contributed by atoms with Gasteiger partial charge in [0, 0.05) is 13.6 Å². The van der Waals surface area contributed by atoms with Gasteiger partial charge in [0.25, 0.3) is 5.91 Å². The van der Waals surface area contributed by atoms with E-state index in [0.717, 1.165) is 0 Å². The molecule has 0 saturated carbocycles. The maximum atomic E-state index is 12.0. The Kier molecular flexibility index (Phi) is 4.79. The van der Waals surface area contributed by atoms with E-state index in [2.05, 4.69) is 0 Å². The average Bonchev–Trinajstić information content (AvgIpc) is 2.29. The van der Waals surface area contributed by atoms with Crippen molar-refractivity contribution in [3.8, 4) is 5.75 Å². The molecule has 0 spiro atoms. The van der Waals surface area contributed by atoms with Gasteiger partial charge >= 0.3 is 0 Å². The Morgan fingerprint density at radius 1 is 1.44 bits per heavy atom. The number of benzene rings is 1. The molecule has 0 radical (unpaired) electrons. The minimum Gasteiger partial charge on any atom is -0.493 e. The van der Waals surface area contributed by atoms with E-state index in [4.69, 9.17) is 9.84 Å². The van der Waals surface area contributed by atoms with Crippen molar-refractivity contribution < 1.29 is 14.6 Å². The Hall–Kier alpha value is -1.55. The summed E-state index contributed by atoms with van der Waals surface area (Å²) in [5.41, 5.74) is 0.528. The van der Waals surface area contributed by atoms with Gasteiger partial charge in [-0.2, -0.15) is 0 Å². The fourth-order valence-electron chi connectivity index (χ4n) is 1.38. The number of rotatable bonds is 5. The van der Waals surface area contributed by atoms with Crippen molar-refractivity contribution in [1.82, 2.24) is 4.90 Å². The molecule has 88 valence electrons. The Bertz CT molecular complexity index is 352. The molecule has 0 fully saturated rings. The smallest absolute Gasteiger partial charge is 0.257 e. The van der Waals surface area contributed by atoms with Gasteiger partial charge in [-0.05, 0) is 19.1 Å². The maximum Gasteiger partial charge on any atom is 0.257 e. The number of aliphatic hydroxyl groups excluding tert-OH is 1. The van der Waals surface area contributed by atoms with E-state index in [9.17, 15) is 4.79 Å². The van der Waals surface area contributed by atoms with Gasteiger partial charge in [-0.15, -0.1) is 0 Å². The molecule has 0 aliphatic heterocycles. The van der Waals surface area contributed by atoms with E-state index < -0.39 is 0 Å². The summed E-state index contributed by atoms with van der Waals surface area (Å²) in [5, 5.41) is 8.78. The van der Waals surface area contributed by atoms with Gasteiger partial charge in [0.15, 0.2) is 0 Å². The van der Waals surface area contributed by atoms with Crippen molar-refractivity contribution in [3.05, 3.63) is 29.8 Å². The molecule has 0 bridgehead atoms. The third-order valence-corrected chi connectivity index (χ3v) is 2.20. The molecule has 0 heterocycles. The van der Waals surface area contributed by atoms with Crippen LogP contribution in [0.3, 0.4) is 0 Å². The first kappa shape index (κ1) is 12.5. The maximum absolute atomic E-state index is 12.0. The van der Waals surface area contributed by atoms with Gasteiger partial charge in [0.05, 0.1) is 18.8 Å². The van der Waals surface area contributed by atoms with Crippen LogP contribution in [-0.2, 0) is 0 Å². The largest absolute Gasteiger partial charge is 0.493 e. The minimum absolute atomic E-state index is 0.0426. The number of ether oxygens (including phenoxy) is 1. The number of para-hydroxylation sites is 1. The third-order valence-electron chi connectivity index (χ3n) is 2.20. The van der Waals surface area contributed by atoms with E-state index >= 15 is 0 Å². The number of carbonyl (C=O) groups excluding carboxylic acids is 1. The average molecular weight is 223 g/mol. The summed E-state index contributed by atoms with van der Waals surface area (Å²) in [5.74, 6) is 0.442. The number of nitrogens with zero attached hydrogens (tertiary/aromatic N) is 1. The Balaban J connectivity index is 2.89. The highest BCUT2D eigenvalue weighted by molar-refractivity contribution is 5.96. The van der Waals surface area contributed by atoms with Crippen LogP contribution in [0.1, 0.15) is 17.3 Å². The molecule has 0 aliphatic rings. The first-order valence-corrected chi connectivity index (χ1v) is 5.28. The number of likely N-dealkylation sites (N-methyl/N-ethyl adjacent to an activating group) is 1. The highest BCUT2D eigenvalue weighted by Gasteiger charge is 2.15. The second kappa shape index (κ2) is 6.12. The van der Waals surface area contributed by atoms with Gasteiger partial charge in [-0.3, -0.25) is 4.79 Å². The molecular formula is C12H17NO3.